The fourth-order valence-corrected chi connectivity index (χ4v) is 3.96. The SMILES string of the molecule is C.CCNC(=O)Nc1nc2c(-c3ncccc3F)cc(-c3cnc(CN4CCOCC4)nc3)cc2[nH]1. The van der Waals surface area contributed by atoms with Gasteiger partial charge in [-0.15, -0.1) is 0 Å². The summed E-state index contributed by atoms with van der Waals surface area (Å²) in [5, 5.41) is 5.32. The number of urea groups is 1. The van der Waals surface area contributed by atoms with Gasteiger partial charge in [0.15, 0.2) is 0 Å². The van der Waals surface area contributed by atoms with Crippen molar-refractivity contribution < 1.29 is 13.9 Å². The number of benzene rings is 1. The molecule has 3 N–H and O–H groups in total. The minimum atomic E-state index is -0.468. The Balaban J connectivity index is 0.00000304. The highest BCUT2D eigenvalue weighted by Crippen LogP contribution is 2.33. The molecule has 0 spiro atoms. The lowest BCUT2D eigenvalue weighted by molar-refractivity contribution is 0.0330. The Morgan fingerprint density at radius 2 is 1.94 bits per heavy atom. The van der Waals surface area contributed by atoms with Crippen LogP contribution in [0, 0.1) is 5.82 Å². The minimum Gasteiger partial charge on any atom is -0.379 e. The molecule has 1 saturated heterocycles. The molecule has 0 aliphatic carbocycles. The van der Waals surface area contributed by atoms with E-state index in [-0.39, 0.29) is 25.1 Å². The standard InChI is InChI=1S/C24H25FN8O2.CH4/c1-2-26-24(34)32-23-30-19-11-15(10-17(22(19)31-23)21-18(25)4-3-5-27-21)16-12-28-20(29-13-16)14-33-6-8-35-9-7-33;/h3-5,10-13H,2,6-9,14H2,1H3,(H3,26,30,31,32,34);1H4. The molecule has 2 amide bonds. The molecule has 1 aromatic carbocycles. The Kier molecular flexibility index (Phi) is 7.81. The predicted octanol–water partition coefficient (Wildman–Crippen LogP) is 3.83. The summed E-state index contributed by atoms with van der Waals surface area (Å²) in [7, 11) is 0. The van der Waals surface area contributed by atoms with Gasteiger partial charge in [0.2, 0.25) is 5.95 Å². The average molecular weight is 493 g/mol. The van der Waals surface area contributed by atoms with Crippen molar-refractivity contribution in [3.63, 3.8) is 0 Å². The number of aromatic amines is 1. The van der Waals surface area contributed by atoms with Crippen LogP contribution in [0.1, 0.15) is 20.2 Å². The summed E-state index contributed by atoms with van der Waals surface area (Å²) in [5.74, 6) is 0.504. The van der Waals surface area contributed by atoms with Gasteiger partial charge >= 0.3 is 6.03 Å². The Morgan fingerprint density at radius 3 is 2.67 bits per heavy atom. The van der Waals surface area contributed by atoms with E-state index in [1.165, 1.54) is 18.3 Å². The zero-order valence-electron chi connectivity index (χ0n) is 19.2. The van der Waals surface area contributed by atoms with Crippen LogP contribution in [0.15, 0.2) is 42.9 Å². The minimum absolute atomic E-state index is 0. The summed E-state index contributed by atoms with van der Waals surface area (Å²) in [6, 6.07) is 6.18. The smallest absolute Gasteiger partial charge is 0.321 e. The van der Waals surface area contributed by atoms with Crippen molar-refractivity contribution in [2.24, 2.45) is 0 Å². The first kappa shape index (κ1) is 25.1. The van der Waals surface area contributed by atoms with Crippen molar-refractivity contribution in [3.8, 4) is 22.4 Å². The van der Waals surface area contributed by atoms with Gasteiger partial charge in [-0.05, 0) is 36.8 Å². The molecule has 5 rings (SSSR count). The maximum absolute atomic E-state index is 14.7. The molecule has 36 heavy (non-hydrogen) atoms. The molecular weight excluding hydrogens is 463 g/mol. The van der Waals surface area contributed by atoms with Crippen LogP contribution in [0.3, 0.4) is 0 Å². The largest absolute Gasteiger partial charge is 0.379 e. The van der Waals surface area contributed by atoms with Crippen LogP contribution in [-0.4, -0.2) is 68.7 Å². The first-order valence-corrected chi connectivity index (χ1v) is 11.4. The van der Waals surface area contributed by atoms with E-state index >= 15 is 0 Å². The number of ether oxygens (including phenoxy) is 1. The molecule has 0 unspecified atom stereocenters. The molecule has 11 heteroatoms. The fraction of sp³-hybridized carbons (Fsp3) is 0.320. The lowest BCUT2D eigenvalue weighted by Gasteiger charge is -2.25. The lowest BCUT2D eigenvalue weighted by atomic mass is 10.0. The number of H-pyrrole nitrogens is 1. The van der Waals surface area contributed by atoms with E-state index < -0.39 is 5.82 Å². The van der Waals surface area contributed by atoms with Gasteiger partial charge in [0, 0.05) is 49.4 Å². The molecule has 0 bridgehead atoms. The first-order chi connectivity index (χ1) is 17.1. The number of nitrogens with one attached hydrogen (secondary N) is 3. The third-order valence-electron chi connectivity index (χ3n) is 5.68. The second-order valence-corrected chi connectivity index (χ2v) is 8.10. The van der Waals surface area contributed by atoms with E-state index in [0.29, 0.717) is 42.9 Å². The molecule has 1 aliphatic rings. The van der Waals surface area contributed by atoms with Crippen molar-refractivity contribution in [2.75, 3.05) is 38.2 Å². The highest BCUT2D eigenvalue weighted by atomic mass is 19.1. The van der Waals surface area contributed by atoms with Crippen molar-refractivity contribution in [1.29, 1.82) is 0 Å². The third-order valence-corrected chi connectivity index (χ3v) is 5.68. The molecular formula is C25H29FN8O2. The lowest BCUT2D eigenvalue weighted by Crippen LogP contribution is -2.36. The van der Waals surface area contributed by atoms with Crippen LogP contribution in [-0.2, 0) is 11.3 Å². The summed E-state index contributed by atoms with van der Waals surface area (Å²) < 4.78 is 20.1. The van der Waals surface area contributed by atoms with Gasteiger partial charge in [0.25, 0.3) is 0 Å². The van der Waals surface area contributed by atoms with Gasteiger partial charge in [-0.1, -0.05) is 7.43 Å². The highest BCUT2D eigenvalue weighted by molar-refractivity contribution is 5.98. The quantitative estimate of drug-likeness (QED) is 0.374. The normalized spacial score (nSPS) is 13.8. The number of carbonyl (C=O) groups excluding carboxylic acids is 1. The van der Waals surface area contributed by atoms with Crippen molar-refractivity contribution in [1.82, 2.24) is 35.1 Å². The number of fused-ring (bicyclic) bond motifs is 1. The Hall–Kier alpha value is -3.96. The van der Waals surface area contributed by atoms with Crippen LogP contribution in [0.5, 0.6) is 0 Å². The van der Waals surface area contributed by atoms with Gasteiger partial charge in [-0.25, -0.2) is 24.1 Å². The molecule has 4 heterocycles. The zero-order valence-corrected chi connectivity index (χ0v) is 19.2. The molecule has 188 valence electrons. The number of halogens is 1. The topological polar surface area (TPSA) is 121 Å². The van der Waals surface area contributed by atoms with Gasteiger partial charge in [-0.2, -0.15) is 0 Å². The fourth-order valence-electron chi connectivity index (χ4n) is 3.96. The number of amides is 2. The van der Waals surface area contributed by atoms with Gasteiger partial charge in [0.05, 0.1) is 25.3 Å². The molecule has 0 saturated carbocycles. The zero-order chi connectivity index (χ0) is 24.2. The number of morpholine rings is 1. The van der Waals surface area contributed by atoms with Gasteiger partial charge in [0.1, 0.15) is 22.9 Å². The molecule has 1 fully saturated rings. The maximum Gasteiger partial charge on any atom is 0.321 e. The molecule has 0 atom stereocenters. The Bertz CT molecular complexity index is 1340. The second-order valence-electron chi connectivity index (χ2n) is 8.10. The summed E-state index contributed by atoms with van der Waals surface area (Å²) >= 11 is 0. The Labute approximate surface area is 208 Å². The van der Waals surface area contributed by atoms with Crippen LogP contribution < -0.4 is 10.6 Å². The maximum atomic E-state index is 14.7. The van der Waals surface area contributed by atoms with Crippen molar-refractivity contribution in [3.05, 3.63) is 54.5 Å². The monoisotopic (exact) mass is 492 g/mol. The highest BCUT2D eigenvalue weighted by Gasteiger charge is 2.18. The number of aromatic nitrogens is 5. The average Bonchev–Trinajstić information content (AvgIpc) is 3.27. The van der Waals surface area contributed by atoms with E-state index in [1.54, 1.807) is 12.4 Å². The second kappa shape index (κ2) is 11.2. The van der Waals surface area contributed by atoms with Gasteiger partial charge in [-0.3, -0.25) is 15.2 Å². The number of hydrogen-bond acceptors (Lipinski definition) is 7. The summed E-state index contributed by atoms with van der Waals surface area (Å²) in [6.07, 6.45) is 5.04. The number of rotatable bonds is 6. The third kappa shape index (κ3) is 5.47. The summed E-state index contributed by atoms with van der Waals surface area (Å²) in [5.41, 5.74) is 3.30. The number of anilines is 1. The van der Waals surface area contributed by atoms with Gasteiger partial charge < -0.3 is 15.0 Å². The van der Waals surface area contributed by atoms with Crippen molar-refractivity contribution in [2.45, 2.75) is 20.9 Å². The van der Waals surface area contributed by atoms with E-state index in [0.717, 1.165) is 30.0 Å². The Morgan fingerprint density at radius 1 is 1.17 bits per heavy atom. The number of pyridine rings is 1. The van der Waals surface area contributed by atoms with Crippen LogP contribution in [0.2, 0.25) is 0 Å². The number of nitrogens with zero attached hydrogens (tertiary/aromatic N) is 5. The summed E-state index contributed by atoms with van der Waals surface area (Å²) in [6.45, 7) is 6.09. The number of imidazole rings is 1. The summed E-state index contributed by atoms with van der Waals surface area (Å²) in [4.78, 5) is 35.1. The van der Waals surface area contributed by atoms with E-state index in [4.69, 9.17) is 4.74 Å². The van der Waals surface area contributed by atoms with E-state index in [9.17, 15) is 9.18 Å². The number of carbonyl (C=O) groups is 1. The molecule has 10 nitrogen and oxygen atoms in total. The molecule has 3 aromatic heterocycles. The first-order valence-electron chi connectivity index (χ1n) is 11.4. The van der Waals surface area contributed by atoms with E-state index in [2.05, 4.69) is 40.5 Å². The van der Waals surface area contributed by atoms with Crippen molar-refractivity contribution >= 4 is 23.0 Å². The van der Waals surface area contributed by atoms with Crippen LogP contribution in [0.25, 0.3) is 33.4 Å². The number of hydrogen-bond donors (Lipinski definition) is 3. The molecule has 1 aliphatic heterocycles. The van der Waals surface area contributed by atoms with Crippen LogP contribution >= 0.6 is 0 Å². The van der Waals surface area contributed by atoms with Crippen LogP contribution in [0.4, 0.5) is 15.1 Å². The molecule has 0 radical (unpaired) electrons. The van der Waals surface area contributed by atoms with E-state index in [1.807, 2.05) is 19.1 Å². The molecule has 4 aromatic rings. The predicted molar refractivity (Wildman–Crippen MR) is 136 cm³/mol.